The lowest BCUT2D eigenvalue weighted by atomic mass is 10.2. The largest absolute Gasteiger partial charge is 0.351 e. The second-order valence-electron chi connectivity index (χ2n) is 4.45. The Morgan fingerprint density at radius 2 is 1.95 bits per heavy atom. The van der Waals surface area contributed by atoms with E-state index in [9.17, 15) is 24.1 Å². The molecule has 20 heavy (non-hydrogen) atoms. The van der Waals surface area contributed by atoms with Gasteiger partial charge < -0.3 is 4.90 Å². The van der Waals surface area contributed by atoms with Gasteiger partial charge in [-0.15, -0.1) is 0 Å². The average molecular weight is 281 g/mol. The molecule has 0 aliphatic carbocycles. The number of carbonyl (C=O) groups excluding carboxylic acids is 2. The van der Waals surface area contributed by atoms with E-state index in [0.717, 1.165) is 17.0 Å². The Balaban J connectivity index is 2.25. The molecule has 2 amide bonds. The zero-order valence-corrected chi connectivity index (χ0v) is 10.7. The number of imide groups is 1. The Morgan fingerprint density at radius 1 is 1.35 bits per heavy atom. The number of nitro benzene ring substituents is 1. The summed E-state index contributed by atoms with van der Waals surface area (Å²) in [6.07, 6.45) is 0.302. The smallest absolute Gasteiger partial charge is 0.295 e. The van der Waals surface area contributed by atoms with Crippen molar-refractivity contribution in [1.82, 2.24) is 4.90 Å². The number of amides is 2. The SMILES string of the molecule is CN(CN1C(=O)CCC1=O)c1ccc(F)cc1[N+](=O)[O-]. The van der Waals surface area contributed by atoms with E-state index >= 15 is 0 Å². The van der Waals surface area contributed by atoms with E-state index < -0.39 is 16.4 Å². The topological polar surface area (TPSA) is 83.8 Å². The van der Waals surface area contributed by atoms with E-state index in [0.29, 0.717) is 0 Å². The van der Waals surface area contributed by atoms with Crippen molar-refractivity contribution in [3.05, 3.63) is 34.1 Å². The van der Waals surface area contributed by atoms with E-state index in [-0.39, 0.29) is 37.0 Å². The molecule has 2 rings (SSSR count). The summed E-state index contributed by atoms with van der Waals surface area (Å²) in [6, 6.07) is 3.14. The number of carbonyl (C=O) groups is 2. The van der Waals surface area contributed by atoms with E-state index in [2.05, 4.69) is 0 Å². The second-order valence-corrected chi connectivity index (χ2v) is 4.45. The standard InChI is InChI=1S/C12H12FN3O4/c1-14(7-15-11(17)4-5-12(15)18)9-3-2-8(13)6-10(9)16(19)20/h2-3,6H,4-5,7H2,1H3. The van der Waals surface area contributed by atoms with Crippen LogP contribution in [-0.4, -0.2) is 35.4 Å². The Bertz CT molecular complexity index is 574. The highest BCUT2D eigenvalue weighted by Crippen LogP contribution is 2.28. The molecule has 1 saturated heterocycles. The fourth-order valence-electron chi connectivity index (χ4n) is 2.03. The van der Waals surface area contributed by atoms with Crippen molar-refractivity contribution >= 4 is 23.2 Å². The van der Waals surface area contributed by atoms with Crippen molar-refractivity contribution < 1.29 is 18.9 Å². The average Bonchev–Trinajstić information content (AvgIpc) is 2.70. The minimum Gasteiger partial charge on any atom is -0.351 e. The van der Waals surface area contributed by atoms with Crippen LogP contribution in [0.25, 0.3) is 0 Å². The predicted octanol–water partition coefficient (Wildman–Crippen LogP) is 1.28. The van der Waals surface area contributed by atoms with Crippen LogP contribution in [0.15, 0.2) is 18.2 Å². The molecule has 0 unspecified atom stereocenters. The molecule has 1 aliphatic heterocycles. The number of hydrogen-bond acceptors (Lipinski definition) is 5. The predicted molar refractivity (Wildman–Crippen MR) is 67.4 cm³/mol. The van der Waals surface area contributed by atoms with Gasteiger partial charge in [-0.25, -0.2) is 4.39 Å². The summed E-state index contributed by atoms with van der Waals surface area (Å²) in [4.78, 5) is 35.6. The highest BCUT2D eigenvalue weighted by Gasteiger charge is 2.30. The molecular weight excluding hydrogens is 269 g/mol. The fourth-order valence-corrected chi connectivity index (χ4v) is 2.03. The Labute approximate surface area is 113 Å². The van der Waals surface area contributed by atoms with Gasteiger partial charge in [-0.3, -0.25) is 24.6 Å². The molecule has 8 heteroatoms. The van der Waals surface area contributed by atoms with Crippen molar-refractivity contribution in [3.63, 3.8) is 0 Å². The summed E-state index contributed by atoms with van der Waals surface area (Å²) in [5.41, 5.74) is -0.268. The molecule has 0 N–H and O–H groups in total. The summed E-state index contributed by atoms with van der Waals surface area (Å²) in [6.45, 7) is -0.0931. The molecule has 1 aromatic carbocycles. The van der Waals surface area contributed by atoms with Crippen molar-refractivity contribution in [1.29, 1.82) is 0 Å². The van der Waals surface area contributed by atoms with E-state index in [4.69, 9.17) is 0 Å². The van der Waals surface area contributed by atoms with Gasteiger partial charge in [0, 0.05) is 19.9 Å². The molecule has 7 nitrogen and oxygen atoms in total. The Morgan fingerprint density at radius 3 is 2.50 bits per heavy atom. The van der Waals surface area contributed by atoms with Gasteiger partial charge in [-0.2, -0.15) is 0 Å². The Hall–Kier alpha value is -2.51. The molecule has 1 aromatic rings. The fraction of sp³-hybridized carbons (Fsp3) is 0.333. The zero-order valence-electron chi connectivity index (χ0n) is 10.7. The van der Waals surface area contributed by atoms with Gasteiger partial charge in [0.05, 0.1) is 11.0 Å². The molecular formula is C12H12FN3O4. The van der Waals surface area contributed by atoms with Crippen LogP contribution in [0, 0.1) is 15.9 Å². The number of benzene rings is 1. The molecule has 0 radical (unpaired) electrons. The van der Waals surface area contributed by atoms with E-state index in [1.807, 2.05) is 0 Å². The number of nitrogens with zero attached hydrogens (tertiary/aromatic N) is 3. The molecule has 0 bridgehead atoms. The molecule has 1 heterocycles. The van der Waals surface area contributed by atoms with E-state index in [1.54, 1.807) is 0 Å². The van der Waals surface area contributed by atoms with Gasteiger partial charge in [0.1, 0.15) is 18.2 Å². The lowest BCUT2D eigenvalue weighted by Crippen LogP contribution is -2.39. The van der Waals surface area contributed by atoms with Crippen molar-refractivity contribution in [2.75, 3.05) is 18.6 Å². The van der Waals surface area contributed by atoms with Crippen LogP contribution >= 0.6 is 0 Å². The third-order valence-electron chi connectivity index (χ3n) is 3.05. The van der Waals surface area contributed by atoms with Crippen LogP contribution in [0.5, 0.6) is 0 Å². The van der Waals surface area contributed by atoms with Crippen LogP contribution in [0.1, 0.15) is 12.8 Å². The van der Waals surface area contributed by atoms with Crippen LogP contribution in [0.4, 0.5) is 15.8 Å². The first kappa shape index (κ1) is 13.9. The van der Waals surface area contributed by atoms with Crippen molar-refractivity contribution in [2.24, 2.45) is 0 Å². The van der Waals surface area contributed by atoms with Crippen LogP contribution in [0.2, 0.25) is 0 Å². The third-order valence-corrected chi connectivity index (χ3v) is 3.05. The highest BCUT2D eigenvalue weighted by atomic mass is 19.1. The quantitative estimate of drug-likeness (QED) is 0.471. The number of anilines is 1. The van der Waals surface area contributed by atoms with Crippen LogP contribution < -0.4 is 4.90 Å². The molecule has 0 aromatic heterocycles. The number of rotatable bonds is 4. The lowest BCUT2D eigenvalue weighted by molar-refractivity contribution is -0.384. The van der Waals surface area contributed by atoms with Crippen LogP contribution in [-0.2, 0) is 9.59 Å². The first-order chi connectivity index (χ1) is 9.40. The van der Waals surface area contributed by atoms with Gasteiger partial charge in [0.2, 0.25) is 11.8 Å². The molecule has 0 saturated carbocycles. The summed E-state index contributed by atoms with van der Waals surface area (Å²) < 4.78 is 13.1. The normalized spacial score (nSPS) is 14.8. The molecule has 106 valence electrons. The summed E-state index contributed by atoms with van der Waals surface area (Å²) in [5.74, 6) is -1.35. The number of nitro groups is 1. The summed E-state index contributed by atoms with van der Waals surface area (Å²) >= 11 is 0. The highest BCUT2D eigenvalue weighted by molar-refractivity contribution is 6.02. The third kappa shape index (κ3) is 2.58. The second kappa shape index (κ2) is 5.24. The zero-order chi connectivity index (χ0) is 14.9. The molecule has 1 aliphatic rings. The van der Waals surface area contributed by atoms with Gasteiger partial charge in [-0.1, -0.05) is 0 Å². The van der Waals surface area contributed by atoms with Gasteiger partial charge >= 0.3 is 0 Å². The maximum atomic E-state index is 13.1. The van der Waals surface area contributed by atoms with Gasteiger partial charge in [0.25, 0.3) is 5.69 Å². The lowest BCUT2D eigenvalue weighted by Gasteiger charge is -2.24. The molecule has 0 atom stereocenters. The van der Waals surface area contributed by atoms with Gasteiger partial charge in [-0.05, 0) is 12.1 Å². The van der Waals surface area contributed by atoms with Crippen molar-refractivity contribution in [3.8, 4) is 0 Å². The Kier molecular flexibility index (Phi) is 3.64. The van der Waals surface area contributed by atoms with Crippen molar-refractivity contribution in [2.45, 2.75) is 12.8 Å². The number of likely N-dealkylation sites (tertiary alicyclic amines) is 1. The maximum absolute atomic E-state index is 13.1. The number of halogens is 1. The minimum atomic E-state index is -0.720. The minimum absolute atomic E-state index is 0.0931. The summed E-state index contributed by atoms with van der Waals surface area (Å²) in [5, 5.41) is 10.9. The van der Waals surface area contributed by atoms with Gasteiger partial charge in [0.15, 0.2) is 0 Å². The monoisotopic (exact) mass is 281 g/mol. The van der Waals surface area contributed by atoms with Crippen LogP contribution in [0.3, 0.4) is 0 Å². The summed E-state index contributed by atoms with van der Waals surface area (Å²) in [7, 11) is 1.50. The first-order valence-electron chi connectivity index (χ1n) is 5.88. The molecule has 0 spiro atoms. The first-order valence-corrected chi connectivity index (χ1v) is 5.88. The maximum Gasteiger partial charge on any atom is 0.295 e. The van der Waals surface area contributed by atoms with E-state index in [1.165, 1.54) is 18.0 Å². The molecule has 1 fully saturated rings. The number of hydrogen-bond donors (Lipinski definition) is 0.